The molecular formula is C15H20N2O4S. The van der Waals surface area contributed by atoms with Crippen LogP contribution in [-0.4, -0.2) is 31.7 Å². The second kappa shape index (κ2) is 6.08. The van der Waals surface area contributed by atoms with Crippen LogP contribution in [0.15, 0.2) is 18.2 Å². The first-order chi connectivity index (χ1) is 10.2. The molecule has 0 fully saturated rings. The van der Waals surface area contributed by atoms with Gasteiger partial charge in [-0.25, -0.2) is 8.42 Å². The van der Waals surface area contributed by atoms with Gasteiger partial charge in [0, 0.05) is 18.4 Å². The molecule has 1 aromatic carbocycles. The van der Waals surface area contributed by atoms with Gasteiger partial charge >= 0.3 is 0 Å². The Kier molecular flexibility index (Phi) is 4.55. The molecule has 2 rings (SSSR count). The third-order valence-corrected chi connectivity index (χ3v) is 5.39. The zero-order valence-electron chi connectivity index (χ0n) is 12.8. The molecule has 7 heteroatoms. The lowest BCUT2D eigenvalue weighted by atomic mass is 9.98. The molecule has 0 saturated carbocycles. The summed E-state index contributed by atoms with van der Waals surface area (Å²) in [4.78, 5) is 23.3. The number of hydrogen-bond donors (Lipinski definition) is 2. The van der Waals surface area contributed by atoms with E-state index in [1.165, 1.54) is 6.92 Å². The van der Waals surface area contributed by atoms with Gasteiger partial charge in [-0.05, 0) is 37.5 Å². The highest BCUT2D eigenvalue weighted by atomic mass is 32.2. The Balaban J connectivity index is 2.12. The van der Waals surface area contributed by atoms with Gasteiger partial charge in [0.1, 0.15) is 5.25 Å². The Morgan fingerprint density at radius 1 is 1.27 bits per heavy atom. The van der Waals surface area contributed by atoms with Crippen molar-refractivity contribution in [2.45, 2.75) is 38.0 Å². The number of anilines is 1. The van der Waals surface area contributed by atoms with Crippen molar-refractivity contribution < 1.29 is 18.0 Å². The van der Waals surface area contributed by atoms with Crippen molar-refractivity contribution in [1.29, 1.82) is 0 Å². The summed E-state index contributed by atoms with van der Waals surface area (Å²) in [7, 11) is -3.41. The van der Waals surface area contributed by atoms with E-state index in [2.05, 4.69) is 10.6 Å². The second-order valence-corrected chi connectivity index (χ2v) is 8.03. The predicted octanol–water partition coefficient (Wildman–Crippen LogP) is 1.18. The molecular weight excluding hydrogens is 304 g/mol. The average Bonchev–Trinajstić information content (AvgIpc) is 2.44. The monoisotopic (exact) mass is 324 g/mol. The van der Waals surface area contributed by atoms with Crippen molar-refractivity contribution in [3.05, 3.63) is 29.3 Å². The first kappa shape index (κ1) is 16.5. The molecule has 0 bridgehead atoms. The van der Waals surface area contributed by atoms with Crippen molar-refractivity contribution in [3.63, 3.8) is 0 Å². The van der Waals surface area contributed by atoms with Crippen LogP contribution < -0.4 is 10.6 Å². The van der Waals surface area contributed by atoms with E-state index in [0.717, 1.165) is 23.1 Å². The number of sulfone groups is 1. The van der Waals surface area contributed by atoms with Gasteiger partial charge in [-0.3, -0.25) is 9.59 Å². The summed E-state index contributed by atoms with van der Waals surface area (Å²) < 4.78 is 22.8. The first-order valence-corrected chi connectivity index (χ1v) is 9.06. The van der Waals surface area contributed by atoms with Crippen molar-refractivity contribution in [1.82, 2.24) is 5.32 Å². The molecule has 22 heavy (non-hydrogen) atoms. The number of aryl methyl sites for hydroxylation is 1. The Hall–Kier alpha value is -1.89. The van der Waals surface area contributed by atoms with E-state index in [1.54, 1.807) is 6.92 Å². The Morgan fingerprint density at radius 3 is 2.59 bits per heavy atom. The standard InChI is InChI=1S/C15H20N2O4S/c1-9(16-15(19)10(2)22(3,20)21)11-4-6-13-12(8-11)5-7-14(18)17-13/h4,6,8-10H,5,7H2,1-3H3,(H,16,19)(H,17,18)/t9-,10-/m1/s1. The molecule has 0 unspecified atom stereocenters. The summed E-state index contributed by atoms with van der Waals surface area (Å²) in [5.41, 5.74) is 2.70. The molecule has 120 valence electrons. The highest BCUT2D eigenvalue weighted by molar-refractivity contribution is 7.92. The number of carbonyl (C=O) groups excluding carboxylic acids is 2. The SMILES string of the molecule is C[C@H](C(=O)N[C@H](C)c1ccc2c(c1)CCC(=O)N2)S(C)(=O)=O. The maximum atomic E-state index is 12.0. The van der Waals surface area contributed by atoms with Crippen LogP contribution in [0.1, 0.15) is 37.4 Å². The fraction of sp³-hybridized carbons (Fsp3) is 0.467. The first-order valence-electron chi connectivity index (χ1n) is 7.10. The summed E-state index contributed by atoms with van der Waals surface area (Å²) in [5, 5.41) is 4.43. The molecule has 1 aromatic rings. The van der Waals surface area contributed by atoms with Gasteiger partial charge in [-0.2, -0.15) is 0 Å². The van der Waals surface area contributed by atoms with Crippen LogP contribution in [0.25, 0.3) is 0 Å². The van der Waals surface area contributed by atoms with Crippen LogP contribution in [-0.2, 0) is 25.8 Å². The van der Waals surface area contributed by atoms with Gasteiger partial charge in [0.2, 0.25) is 11.8 Å². The van der Waals surface area contributed by atoms with Crippen molar-refractivity contribution in [3.8, 4) is 0 Å². The minimum atomic E-state index is -3.41. The Bertz CT molecular complexity index is 712. The quantitative estimate of drug-likeness (QED) is 0.870. The molecule has 0 spiro atoms. The molecule has 2 N–H and O–H groups in total. The van der Waals surface area contributed by atoms with Crippen LogP contribution in [0.3, 0.4) is 0 Å². The van der Waals surface area contributed by atoms with E-state index in [1.807, 2.05) is 18.2 Å². The van der Waals surface area contributed by atoms with Gasteiger partial charge in [0.15, 0.2) is 9.84 Å². The van der Waals surface area contributed by atoms with E-state index >= 15 is 0 Å². The molecule has 0 aromatic heterocycles. The number of amides is 2. The number of carbonyl (C=O) groups is 2. The lowest BCUT2D eigenvalue weighted by Gasteiger charge is -2.21. The number of hydrogen-bond acceptors (Lipinski definition) is 4. The maximum absolute atomic E-state index is 12.0. The zero-order chi connectivity index (χ0) is 16.5. The summed E-state index contributed by atoms with van der Waals surface area (Å²) in [6, 6.07) is 5.26. The molecule has 0 saturated heterocycles. The van der Waals surface area contributed by atoms with Crippen LogP contribution >= 0.6 is 0 Å². The number of rotatable bonds is 4. The van der Waals surface area contributed by atoms with Crippen molar-refractivity contribution >= 4 is 27.3 Å². The van der Waals surface area contributed by atoms with Gasteiger partial charge in [-0.15, -0.1) is 0 Å². The third-order valence-electron chi connectivity index (χ3n) is 3.90. The Morgan fingerprint density at radius 2 is 1.95 bits per heavy atom. The van der Waals surface area contributed by atoms with Gasteiger partial charge in [0.25, 0.3) is 0 Å². The van der Waals surface area contributed by atoms with Crippen molar-refractivity contribution in [2.24, 2.45) is 0 Å². The minimum absolute atomic E-state index is 0.00331. The zero-order valence-corrected chi connectivity index (χ0v) is 13.7. The summed E-state index contributed by atoms with van der Waals surface area (Å²) >= 11 is 0. The van der Waals surface area contributed by atoms with E-state index in [0.29, 0.717) is 12.8 Å². The highest BCUT2D eigenvalue weighted by Gasteiger charge is 2.25. The number of benzene rings is 1. The molecule has 1 heterocycles. The molecule has 0 aliphatic carbocycles. The third kappa shape index (κ3) is 3.65. The molecule has 2 amide bonds. The molecule has 1 aliphatic rings. The molecule has 6 nitrogen and oxygen atoms in total. The fourth-order valence-corrected chi connectivity index (χ4v) is 2.74. The number of fused-ring (bicyclic) bond motifs is 1. The van der Waals surface area contributed by atoms with Crippen LogP contribution in [0.4, 0.5) is 5.69 Å². The average molecular weight is 324 g/mol. The van der Waals surface area contributed by atoms with E-state index < -0.39 is 21.0 Å². The molecule has 0 radical (unpaired) electrons. The van der Waals surface area contributed by atoms with Gasteiger partial charge < -0.3 is 10.6 Å². The molecule has 2 atom stereocenters. The largest absolute Gasteiger partial charge is 0.348 e. The van der Waals surface area contributed by atoms with Gasteiger partial charge in [0.05, 0.1) is 6.04 Å². The minimum Gasteiger partial charge on any atom is -0.348 e. The van der Waals surface area contributed by atoms with E-state index in [-0.39, 0.29) is 11.9 Å². The van der Waals surface area contributed by atoms with Gasteiger partial charge in [-0.1, -0.05) is 12.1 Å². The Labute approximate surface area is 130 Å². The summed E-state index contributed by atoms with van der Waals surface area (Å²) in [5.74, 6) is -0.510. The second-order valence-electron chi connectivity index (χ2n) is 5.67. The fourth-order valence-electron chi connectivity index (χ4n) is 2.28. The normalized spacial score (nSPS) is 17.1. The lowest BCUT2D eigenvalue weighted by Crippen LogP contribution is -2.38. The van der Waals surface area contributed by atoms with E-state index in [9.17, 15) is 18.0 Å². The lowest BCUT2D eigenvalue weighted by molar-refractivity contribution is -0.121. The molecule has 1 aliphatic heterocycles. The van der Waals surface area contributed by atoms with E-state index in [4.69, 9.17) is 0 Å². The number of nitrogens with one attached hydrogen (secondary N) is 2. The van der Waals surface area contributed by atoms with Crippen LogP contribution in [0.2, 0.25) is 0 Å². The van der Waals surface area contributed by atoms with Crippen molar-refractivity contribution in [2.75, 3.05) is 11.6 Å². The smallest absolute Gasteiger partial charge is 0.238 e. The maximum Gasteiger partial charge on any atom is 0.238 e. The predicted molar refractivity (Wildman–Crippen MR) is 84.3 cm³/mol. The summed E-state index contributed by atoms with van der Waals surface area (Å²) in [6.45, 7) is 3.18. The van der Waals surface area contributed by atoms with Crippen LogP contribution in [0, 0.1) is 0 Å². The highest BCUT2D eigenvalue weighted by Crippen LogP contribution is 2.26. The van der Waals surface area contributed by atoms with Crippen LogP contribution in [0.5, 0.6) is 0 Å². The summed E-state index contributed by atoms with van der Waals surface area (Å²) in [6.07, 6.45) is 2.15. The topological polar surface area (TPSA) is 92.3 Å².